The van der Waals surface area contributed by atoms with Crippen LogP contribution in [0.3, 0.4) is 0 Å². The van der Waals surface area contributed by atoms with Crippen LogP contribution in [0.5, 0.6) is 0 Å². The molecule has 4 rings (SSSR count). The Morgan fingerprint density at radius 3 is 2.06 bits per heavy atom. The molecule has 3 N–H and O–H groups in total. The summed E-state index contributed by atoms with van der Waals surface area (Å²) in [6, 6.07) is 24.0. The molecule has 2 amide bonds. The Morgan fingerprint density at radius 1 is 0.853 bits per heavy atom. The Hall–Kier alpha value is -4.13. The van der Waals surface area contributed by atoms with E-state index in [1.54, 1.807) is 24.3 Å². The van der Waals surface area contributed by atoms with Crippen molar-refractivity contribution in [3.8, 4) is 11.1 Å². The Balaban J connectivity index is 1.42. The molecule has 7 nitrogen and oxygen atoms in total. The van der Waals surface area contributed by atoms with Crippen LogP contribution in [0.15, 0.2) is 78.9 Å². The number of nitrogens with one attached hydrogen (secondary N) is 2. The Kier molecular flexibility index (Phi) is 7.22. The van der Waals surface area contributed by atoms with Crippen LogP contribution in [0.25, 0.3) is 11.1 Å². The van der Waals surface area contributed by atoms with E-state index in [-0.39, 0.29) is 25.5 Å². The smallest absolute Gasteiger partial charge is 0.408 e. The summed E-state index contributed by atoms with van der Waals surface area (Å²) in [7, 11) is 0. The second-order valence-electron chi connectivity index (χ2n) is 8.10. The van der Waals surface area contributed by atoms with E-state index in [0.717, 1.165) is 22.3 Å². The number of benzene rings is 3. The van der Waals surface area contributed by atoms with E-state index in [4.69, 9.17) is 9.84 Å². The van der Waals surface area contributed by atoms with Crippen LogP contribution >= 0.6 is 0 Å². The summed E-state index contributed by atoms with van der Waals surface area (Å²) < 4.78 is 5.59. The lowest BCUT2D eigenvalue weighted by atomic mass is 9.98. The molecule has 3 aromatic rings. The molecule has 1 unspecified atom stereocenters. The van der Waals surface area contributed by atoms with Gasteiger partial charge in [0.25, 0.3) is 0 Å². The van der Waals surface area contributed by atoms with Crippen LogP contribution in [0.2, 0.25) is 0 Å². The summed E-state index contributed by atoms with van der Waals surface area (Å²) >= 11 is 0. The SMILES string of the molecule is O=C(O)CCCNC(=O)C(NC(=O)OCC1c2ccccc2-c2ccccc21)c1ccccc1. The monoisotopic (exact) mass is 458 g/mol. The fourth-order valence-corrected chi connectivity index (χ4v) is 4.26. The van der Waals surface area contributed by atoms with Crippen molar-refractivity contribution in [2.45, 2.75) is 24.8 Å². The van der Waals surface area contributed by atoms with Gasteiger partial charge in [-0.3, -0.25) is 9.59 Å². The van der Waals surface area contributed by atoms with Gasteiger partial charge >= 0.3 is 12.1 Å². The molecule has 174 valence electrons. The molecule has 0 aromatic heterocycles. The number of carbonyl (C=O) groups excluding carboxylic acids is 2. The molecule has 3 aromatic carbocycles. The normalized spacial score (nSPS) is 12.8. The number of alkyl carbamates (subject to hydrolysis) is 1. The van der Waals surface area contributed by atoms with Gasteiger partial charge < -0.3 is 20.5 Å². The molecule has 0 saturated heterocycles. The quantitative estimate of drug-likeness (QED) is 0.416. The van der Waals surface area contributed by atoms with Gasteiger partial charge in [-0.1, -0.05) is 78.9 Å². The van der Waals surface area contributed by atoms with Gasteiger partial charge in [-0.05, 0) is 34.2 Å². The van der Waals surface area contributed by atoms with Gasteiger partial charge in [-0.2, -0.15) is 0 Å². The highest BCUT2D eigenvalue weighted by Crippen LogP contribution is 2.44. The lowest BCUT2D eigenvalue weighted by Gasteiger charge is -2.20. The third kappa shape index (κ3) is 5.26. The zero-order valence-electron chi connectivity index (χ0n) is 18.6. The summed E-state index contributed by atoms with van der Waals surface area (Å²) in [6.45, 7) is 0.336. The third-order valence-electron chi connectivity index (χ3n) is 5.87. The van der Waals surface area contributed by atoms with E-state index < -0.39 is 24.0 Å². The number of rotatable bonds is 9. The highest BCUT2D eigenvalue weighted by Gasteiger charge is 2.30. The maximum Gasteiger partial charge on any atom is 0.408 e. The zero-order chi connectivity index (χ0) is 23.9. The van der Waals surface area contributed by atoms with Gasteiger partial charge in [0.05, 0.1) is 0 Å². The van der Waals surface area contributed by atoms with Crippen LogP contribution in [0.1, 0.15) is 41.5 Å². The molecule has 1 aliphatic rings. The van der Waals surface area contributed by atoms with Gasteiger partial charge in [0, 0.05) is 18.9 Å². The minimum Gasteiger partial charge on any atom is -0.481 e. The predicted octanol–water partition coefficient (Wildman–Crippen LogP) is 4.25. The van der Waals surface area contributed by atoms with Crippen LogP contribution < -0.4 is 10.6 Å². The number of ether oxygens (including phenoxy) is 1. The highest BCUT2D eigenvalue weighted by molar-refractivity contribution is 5.87. The number of aliphatic carboxylic acids is 1. The van der Waals surface area contributed by atoms with E-state index in [1.807, 2.05) is 42.5 Å². The van der Waals surface area contributed by atoms with Crippen molar-refractivity contribution in [2.24, 2.45) is 0 Å². The van der Waals surface area contributed by atoms with Gasteiger partial charge in [0.15, 0.2) is 0 Å². The van der Waals surface area contributed by atoms with Gasteiger partial charge in [0.2, 0.25) is 5.91 Å². The van der Waals surface area contributed by atoms with Crippen LogP contribution in [-0.2, 0) is 14.3 Å². The van der Waals surface area contributed by atoms with Crippen LogP contribution in [-0.4, -0.2) is 36.2 Å². The molecule has 34 heavy (non-hydrogen) atoms. The van der Waals surface area contributed by atoms with Crippen molar-refractivity contribution in [3.05, 3.63) is 95.6 Å². The van der Waals surface area contributed by atoms with E-state index in [0.29, 0.717) is 12.0 Å². The predicted molar refractivity (Wildman–Crippen MR) is 127 cm³/mol. The zero-order valence-corrected chi connectivity index (χ0v) is 18.6. The maximum atomic E-state index is 12.8. The lowest BCUT2D eigenvalue weighted by Crippen LogP contribution is -2.41. The average molecular weight is 459 g/mol. The minimum absolute atomic E-state index is 0.0455. The molecular formula is C27H26N2O5. The van der Waals surface area contributed by atoms with Crippen molar-refractivity contribution < 1.29 is 24.2 Å². The molecule has 0 bridgehead atoms. The second kappa shape index (κ2) is 10.7. The van der Waals surface area contributed by atoms with E-state index in [9.17, 15) is 14.4 Å². The first-order chi connectivity index (χ1) is 16.5. The van der Waals surface area contributed by atoms with Gasteiger partial charge in [-0.25, -0.2) is 4.79 Å². The molecule has 1 atom stereocenters. The molecule has 0 spiro atoms. The molecule has 0 fully saturated rings. The summed E-state index contributed by atoms with van der Waals surface area (Å²) in [6.07, 6.45) is -0.444. The number of carboxylic acid groups (broad SMARTS) is 1. The van der Waals surface area contributed by atoms with Crippen LogP contribution in [0.4, 0.5) is 4.79 Å². The Labute approximate surface area is 197 Å². The van der Waals surface area contributed by atoms with Gasteiger partial charge in [-0.15, -0.1) is 0 Å². The topological polar surface area (TPSA) is 105 Å². The first-order valence-electron chi connectivity index (χ1n) is 11.2. The maximum absolute atomic E-state index is 12.8. The highest BCUT2D eigenvalue weighted by atomic mass is 16.5. The van der Waals surface area contributed by atoms with Crippen molar-refractivity contribution in [2.75, 3.05) is 13.2 Å². The van der Waals surface area contributed by atoms with E-state index >= 15 is 0 Å². The number of hydrogen-bond donors (Lipinski definition) is 3. The van der Waals surface area contributed by atoms with Crippen molar-refractivity contribution in [1.29, 1.82) is 0 Å². The fraction of sp³-hybridized carbons (Fsp3) is 0.222. The minimum atomic E-state index is -0.957. The third-order valence-corrected chi connectivity index (χ3v) is 5.87. The molecule has 0 aliphatic heterocycles. The van der Waals surface area contributed by atoms with Gasteiger partial charge in [0.1, 0.15) is 12.6 Å². The largest absolute Gasteiger partial charge is 0.481 e. The Bertz CT molecular complexity index is 1130. The van der Waals surface area contributed by atoms with Crippen molar-refractivity contribution in [1.82, 2.24) is 10.6 Å². The summed E-state index contributed by atoms with van der Waals surface area (Å²) in [4.78, 5) is 36.2. The molecule has 0 saturated carbocycles. The second-order valence-corrected chi connectivity index (χ2v) is 8.10. The van der Waals surface area contributed by atoms with E-state index in [1.165, 1.54) is 0 Å². The first-order valence-corrected chi connectivity index (χ1v) is 11.2. The number of carboxylic acids is 1. The molecule has 1 aliphatic carbocycles. The number of carbonyl (C=O) groups is 3. The average Bonchev–Trinajstić information content (AvgIpc) is 3.18. The fourth-order valence-electron chi connectivity index (χ4n) is 4.26. The summed E-state index contributed by atoms with van der Waals surface area (Å²) in [5.41, 5.74) is 5.08. The summed E-state index contributed by atoms with van der Waals surface area (Å²) in [5, 5.41) is 14.1. The molecule has 7 heteroatoms. The lowest BCUT2D eigenvalue weighted by molar-refractivity contribution is -0.137. The molecule has 0 radical (unpaired) electrons. The molecular weight excluding hydrogens is 432 g/mol. The number of amides is 2. The first kappa shape index (κ1) is 23.0. The number of hydrogen-bond acceptors (Lipinski definition) is 4. The summed E-state index contributed by atoms with van der Waals surface area (Å²) in [5.74, 6) is -1.44. The van der Waals surface area contributed by atoms with E-state index in [2.05, 4.69) is 22.8 Å². The molecule has 0 heterocycles. The van der Waals surface area contributed by atoms with Crippen molar-refractivity contribution >= 4 is 18.0 Å². The van der Waals surface area contributed by atoms with Crippen molar-refractivity contribution in [3.63, 3.8) is 0 Å². The number of fused-ring (bicyclic) bond motifs is 3. The van der Waals surface area contributed by atoms with Crippen LogP contribution in [0, 0.1) is 0 Å². The standard InChI is InChI=1S/C27H26N2O5/c30-24(31)15-8-16-28-26(32)25(18-9-2-1-3-10-18)29-27(33)34-17-23-21-13-6-4-11-19(21)20-12-5-7-14-22(20)23/h1-7,9-14,23,25H,8,15-17H2,(H,28,32)(H,29,33)(H,30,31). The Morgan fingerprint density at radius 2 is 1.44 bits per heavy atom.